The van der Waals surface area contributed by atoms with E-state index in [-0.39, 0.29) is 5.78 Å². The first-order valence-corrected chi connectivity index (χ1v) is 4.53. The fraction of sp³-hybridized carbons (Fsp3) is 0.667. The molecular weight excluding hydrogens is 168 g/mol. The second-order valence-corrected chi connectivity index (χ2v) is 3.09. The largest absolute Gasteiger partial charge is 0.300 e. The van der Waals surface area contributed by atoms with Crippen LogP contribution in [0.15, 0.2) is 4.63 Å². The summed E-state index contributed by atoms with van der Waals surface area (Å²) in [4.78, 5) is 11.2. The van der Waals surface area contributed by atoms with Gasteiger partial charge < -0.3 is 0 Å². The van der Waals surface area contributed by atoms with Crippen LogP contribution in [0.5, 0.6) is 0 Å². The summed E-state index contributed by atoms with van der Waals surface area (Å²) in [5, 5.41) is 7.35. The molecule has 0 amide bonds. The number of Topliss-reactive ketones (excluding diaryl/α,β-unsaturated/α-hetero) is 1. The summed E-state index contributed by atoms with van der Waals surface area (Å²) in [6, 6.07) is 0. The number of ketones is 1. The van der Waals surface area contributed by atoms with Gasteiger partial charge in [0, 0.05) is 19.3 Å². The molecule has 0 unspecified atom stereocenters. The lowest BCUT2D eigenvalue weighted by molar-refractivity contribution is -0.119. The number of carbonyl (C=O) groups excluding carboxylic acids is 1. The molecule has 72 valence electrons. The van der Waals surface area contributed by atoms with Gasteiger partial charge in [-0.3, -0.25) is 4.79 Å². The maximum atomic E-state index is 11.2. The number of rotatable bonds is 5. The fourth-order valence-corrected chi connectivity index (χ4v) is 1.14. The van der Waals surface area contributed by atoms with E-state index in [9.17, 15) is 4.79 Å². The molecule has 0 spiro atoms. The van der Waals surface area contributed by atoms with Crippen molar-refractivity contribution in [3.05, 3.63) is 11.4 Å². The first-order chi connectivity index (χ1) is 6.24. The zero-order chi connectivity index (χ0) is 9.68. The zero-order valence-electron chi connectivity index (χ0n) is 8.04. The molecule has 0 fully saturated rings. The molecule has 0 aliphatic heterocycles. The minimum atomic E-state index is 0.282. The second-order valence-electron chi connectivity index (χ2n) is 3.09. The van der Waals surface area contributed by atoms with E-state index in [1.165, 1.54) is 0 Å². The highest BCUT2D eigenvalue weighted by atomic mass is 16.6. The van der Waals surface area contributed by atoms with Crippen LogP contribution in [-0.4, -0.2) is 16.1 Å². The summed E-state index contributed by atoms with van der Waals surface area (Å²) in [5.41, 5.74) is 1.58. The van der Waals surface area contributed by atoms with Gasteiger partial charge in [-0.05, 0) is 13.3 Å². The Kier molecular flexibility index (Phi) is 3.61. The van der Waals surface area contributed by atoms with Gasteiger partial charge in [0.2, 0.25) is 0 Å². The van der Waals surface area contributed by atoms with E-state index < -0.39 is 0 Å². The average molecular weight is 182 g/mol. The molecule has 4 heteroatoms. The molecular formula is C9H14N2O2. The molecule has 0 aliphatic rings. The fourth-order valence-electron chi connectivity index (χ4n) is 1.14. The van der Waals surface area contributed by atoms with Crippen LogP contribution in [-0.2, 0) is 11.2 Å². The van der Waals surface area contributed by atoms with Crippen molar-refractivity contribution >= 4 is 5.78 Å². The molecule has 0 radical (unpaired) electrons. The van der Waals surface area contributed by atoms with Crippen LogP contribution in [0.2, 0.25) is 0 Å². The Hall–Kier alpha value is -1.19. The number of aromatic nitrogens is 2. The van der Waals surface area contributed by atoms with Crippen molar-refractivity contribution in [2.24, 2.45) is 0 Å². The van der Waals surface area contributed by atoms with Crippen LogP contribution in [0.25, 0.3) is 0 Å². The topological polar surface area (TPSA) is 56.0 Å². The first kappa shape index (κ1) is 9.89. The summed E-state index contributed by atoms with van der Waals surface area (Å²) in [5.74, 6) is 0.282. The monoisotopic (exact) mass is 182 g/mol. The normalized spacial score (nSPS) is 10.3. The zero-order valence-corrected chi connectivity index (χ0v) is 8.04. The van der Waals surface area contributed by atoms with Gasteiger partial charge >= 0.3 is 0 Å². The molecule has 1 aromatic heterocycles. The van der Waals surface area contributed by atoms with E-state index in [4.69, 9.17) is 0 Å². The molecule has 0 N–H and O–H groups in total. The predicted octanol–water partition coefficient (Wildman–Crippen LogP) is 1.68. The minimum Gasteiger partial charge on any atom is -0.300 e. The number of hydrogen-bond acceptors (Lipinski definition) is 4. The van der Waals surface area contributed by atoms with Crippen molar-refractivity contribution in [1.29, 1.82) is 0 Å². The van der Waals surface area contributed by atoms with Crippen molar-refractivity contribution in [2.45, 2.75) is 39.5 Å². The van der Waals surface area contributed by atoms with Crippen molar-refractivity contribution < 1.29 is 9.42 Å². The third-order valence-corrected chi connectivity index (χ3v) is 1.92. The maximum Gasteiger partial charge on any atom is 0.133 e. The van der Waals surface area contributed by atoms with E-state index >= 15 is 0 Å². The summed E-state index contributed by atoms with van der Waals surface area (Å²) < 4.78 is 4.53. The summed E-state index contributed by atoms with van der Waals surface area (Å²) in [6.45, 7) is 3.83. The van der Waals surface area contributed by atoms with Crippen LogP contribution in [0.1, 0.15) is 37.6 Å². The summed E-state index contributed by atoms with van der Waals surface area (Å²) >= 11 is 0. The van der Waals surface area contributed by atoms with E-state index in [0.717, 1.165) is 17.8 Å². The lowest BCUT2D eigenvalue weighted by Gasteiger charge is -1.95. The molecule has 0 bridgehead atoms. The lowest BCUT2D eigenvalue weighted by atomic mass is 10.1. The highest BCUT2D eigenvalue weighted by molar-refractivity contribution is 5.78. The van der Waals surface area contributed by atoms with Crippen LogP contribution < -0.4 is 0 Å². The van der Waals surface area contributed by atoms with E-state index in [0.29, 0.717) is 19.3 Å². The van der Waals surface area contributed by atoms with E-state index in [1.54, 1.807) is 0 Å². The molecule has 13 heavy (non-hydrogen) atoms. The van der Waals surface area contributed by atoms with Crippen molar-refractivity contribution in [3.8, 4) is 0 Å². The average Bonchev–Trinajstić information content (AvgIpc) is 2.48. The molecule has 0 saturated carbocycles. The Morgan fingerprint density at radius 3 is 2.69 bits per heavy atom. The third kappa shape index (κ3) is 2.97. The van der Waals surface area contributed by atoms with Crippen LogP contribution >= 0.6 is 0 Å². The number of carbonyl (C=O) groups is 1. The van der Waals surface area contributed by atoms with Gasteiger partial charge in [-0.15, -0.1) is 0 Å². The van der Waals surface area contributed by atoms with Crippen LogP contribution in [0.3, 0.4) is 0 Å². The Morgan fingerprint density at radius 2 is 2.15 bits per heavy atom. The quantitative estimate of drug-likeness (QED) is 0.695. The first-order valence-electron chi connectivity index (χ1n) is 4.53. The molecule has 0 aliphatic carbocycles. The van der Waals surface area contributed by atoms with Gasteiger partial charge in [-0.25, -0.2) is 4.63 Å². The Balaban J connectivity index is 2.35. The summed E-state index contributed by atoms with van der Waals surface area (Å²) in [7, 11) is 0. The van der Waals surface area contributed by atoms with Crippen LogP contribution in [0, 0.1) is 6.92 Å². The van der Waals surface area contributed by atoms with Crippen molar-refractivity contribution in [1.82, 2.24) is 10.3 Å². The predicted molar refractivity (Wildman–Crippen MR) is 47.3 cm³/mol. The number of hydrogen-bond donors (Lipinski definition) is 0. The van der Waals surface area contributed by atoms with E-state index in [1.807, 2.05) is 13.8 Å². The highest BCUT2D eigenvalue weighted by Gasteiger charge is 2.07. The number of aryl methyl sites for hydroxylation is 2. The van der Waals surface area contributed by atoms with Crippen molar-refractivity contribution in [3.63, 3.8) is 0 Å². The maximum absolute atomic E-state index is 11.2. The minimum absolute atomic E-state index is 0.282. The smallest absolute Gasteiger partial charge is 0.133 e. The molecule has 0 atom stereocenters. The SMILES string of the molecule is CCCC(=O)CCc1nonc1C. The molecule has 0 saturated heterocycles. The molecule has 1 heterocycles. The molecule has 1 rings (SSSR count). The van der Waals surface area contributed by atoms with Crippen molar-refractivity contribution in [2.75, 3.05) is 0 Å². The third-order valence-electron chi connectivity index (χ3n) is 1.92. The van der Waals surface area contributed by atoms with Gasteiger partial charge in [0.15, 0.2) is 0 Å². The van der Waals surface area contributed by atoms with Gasteiger partial charge in [-0.2, -0.15) is 0 Å². The summed E-state index contributed by atoms with van der Waals surface area (Å²) in [6.07, 6.45) is 2.76. The van der Waals surface area contributed by atoms with Gasteiger partial charge in [0.05, 0.1) is 0 Å². The molecule has 0 aromatic carbocycles. The van der Waals surface area contributed by atoms with Gasteiger partial charge in [0.25, 0.3) is 0 Å². The van der Waals surface area contributed by atoms with Gasteiger partial charge in [0.1, 0.15) is 17.2 Å². The highest BCUT2D eigenvalue weighted by Crippen LogP contribution is 2.05. The Morgan fingerprint density at radius 1 is 1.38 bits per heavy atom. The standard InChI is InChI=1S/C9H14N2O2/c1-3-4-8(12)5-6-9-7(2)10-13-11-9/h3-6H2,1-2H3. The molecule has 1 aromatic rings. The van der Waals surface area contributed by atoms with E-state index in [2.05, 4.69) is 14.9 Å². The Labute approximate surface area is 77.3 Å². The number of nitrogens with zero attached hydrogens (tertiary/aromatic N) is 2. The van der Waals surface area contributed by atoms with Gasteiger partial charge in [-0.1, -0.05) is 17.2 Å². The molecule has 4 nitrogen and oxygen atoms in total. The lowest BCUT2D eigenvalue weighted by Crippen LogP contribution is -2.00. The second kappa shape index (κ2) is 4.74. The Bertz CT molecular complexity index is 281. The van der Waals surface area contributed by atoms with Crippen LogP contribution in [0.4, 0.5) is 0 Å².